The lowest BCUT2D eigenvalue weighted by atomic mass is 9.43. The van der Waals surface area contributed by atoms with Crippen LogP contribution in [0.5, 0.6) is 0 Å². The molecule has 0 aliphatic heterocycles. The van der Waals surface area contributed by atoms with Gasteiger partial charge in [0.05, 0.1) is 7.11 Å². The van der Waals surface area contributed by atoms with Crippen molar-refractivity contribution in [2.75, 3.05) is 7.11 Å². The second-order valence-electron chi connectivity index (χ2n) is 15.9. The molecule has 0 radical (unpaired) electrons. The maximum Gasteiger partial charge on any atom is 0.305 e. The molecule has 0 amide bonds. The summed E-state index contributed by atoms with van der Waals surface area (Å²) >= 11 is 0. The fourth-order valence-electron chi connectivity index (χ4n) is 9.97. The Kier molecular flexibility index (Phi) is 8.59. The predicted octanol–water partition coefficient (Wildman–Crippen LogP) is 8.28. The lowest BCUT2D eigenvalue weighted by Crippen LogP contribution is -2.60. The highest BCUT2D eigenvalue weighted by molar-refractivity contribution is 6.70. The zero-order valence-electron chi connectivity index (χ0n) is 25.8. The van der Waals surface area contributed by atoms with E-state index in [-0.39, 0.29) is 5.97 Å². The van der Waals surface area contributed by atoms with Crippen molar-refractivity contribution in [1.82, 2.24) is 0 Å². The molecule has 0 heterocycles. The Morgan fingerprint density at radius 2 is 1.49 bits per heavy atom. The normalized spacial score (nSPS) is 42.9. The highest BCUT2D eigenvalue weighted by Crippen LogP contribution is 2.69. The summed E-state index contributed by atoms with van der Waals surface area (Å²) in [6.07, 6.45) is 12.8. The molecule has 0 N–H and O–H groups in total. The molecule has 37 heavy (non-hydrogen) atoms. The molecule has 4 saturated carbocycles. The number of carbonyl (C=O) groups excluding carboxylic acids is 1. The molecule has 214 valence electrons. The molecular formula is C31H58O4Si2. The number of carbonyl (C=O) groups is 1. The Morgan fingerprint density at radius 1 is 0.865 bits per heavy atom. The van der Waals surface area contributed by atoms with Gasteiger partial charge in [-0.1, -0.05) is 20.8 Å². The van der Waals surface area contributed by atoms with Crippen molar-refractivity contribution >= 4 is 22.6 Å². The third-order valence-electron chi connectivity index (χ3n) is 11.4. The van der Waals surface area contributed by atoms with Gasteiger partial charge in [0.15, 0.2) is 16.6 Å². The van der Waals surface area contributed by atoms with E-state index in [4.69, 9.17) is 13.6 Å². The van der Waals surface area contributed by atoms with Gasteiger partial charge in [0.2, 0.25) is 0 Å². The minimum atomic E-state index is -1.67. The third-order valence-corrected chi connectivity index (χ3v) is 13.5. The van der Waals surface area contributed by atoms with E-state index in [1.165, 1.54) is 58.5 Å². The maximum atomic E-state index is 11.9. The zero-order chi connectivity index (χ0) is 27.4. The number of hydrogen-bond acceptors (Lipinski definition) is 4. The average Bonchev–Trinajstić information content (AvgIpc) is 3.13. The first kappa shape index (κ1) is 29.8. The van der Waals surface area contributed by atoms with Crippen LogP contribution in [0.15, 0.2) is 0 Å². The topological polar surface area (TPSA) is 44.8 Å². The summed E-state index contributed by atoms with van der Waals surface area (Å²) in [7, 11) is -1.69. The summed E-state index contributed by atoms with van der Waals surface area (Å²) < 4.78 is 18.8. The minimum absolute atomic E-state index is 0.0567. The number of esters is 1. The van der Waals surface area contributed by atoms with Crippen LogP contribution in [0.25, 0.3) is 0 Å². The van der Waals surface area contributed by atoms with Crippen molar-refractivity contribution in [2.45, 2.75) is 136 Å². The van der Waals surface area contributed by atoms with Crippen LogP contribution < -0.4 is 0 Å². The van der Waals surface area contributed by atoms with Crippen LogP contribution in [0.3, 0.4) is 0 Å². The summed E-state index contributed by atoms with van der Waals surface area (Å²) in [4.78, 5) is 11.9. The molecule has 4 aliphatic rings. The van der Waals surface area contributed by atoms with Crippen LogP contribution in [-0.2, 0) is 18.4 Å². The molecule has 0 aromatic heterocycles. The van der Waals surface area contributed by atoms with Crippen molar-refractivity contribution in [3.05, 3.63) is 0 Å². The molecule has 0 aromatic rings. The highest BCUT2D eigenvalue weighted by atomic mass is 28.4. The monoisotopic (exact) mass is 550 g/mol. The summed E-state index contributed by atoms with van der Waals surface area (Å²) in [5.41, 5.74) is 0.804. The molecule has 4 aliphatic carbocycles. The first-order chi connectivity index (χ1) is 17.1. The number of methoxy groups -OCH3 is 1. The van der Waals surface area contributed by atoms with E-state index in [0.717, 1.165) is 24.2 Å². The van der Waals surface area contributed by atoms with Crippen molar-refractivity contribution in [1.29, 1.82) is 0 Å². The van der Waals surface area contributed by atoms with E-state index in [0.29, 0.717) is 47.2 Å². The second-order valence-corrected chi connectivity index (χ2v) is 24.9. The lowest BCUT2D eigenvalue weighted by Gasteiger charge is -2.64. The van der Waals surface area contributed by atoms with Crippen LogP contribution in [0, 0.1) is 46.3 Å². The summed E-state index contributed by atoms with van der Waals surface area (Å²) in [5.74, 6) is 4.18. The molecule has 4 nitrogen and oxygen atoms in total. The average molecular weight is 551 g/mol. The standard InChI is InChI=1S/C31H58O4Si2/c1-21(11-14-28(32)33-4)24-12-13-25-29-26(16-18-31(24,25)3)30(2)17-15-23(34-36(5,6)7)19-22(30)20-27(29)35-37(8,9)10/h21-27,29H,11-20H2,1-10H3/t21-,22-,23+,24-,25+,26+,27+,29+,30+,31-/m1/s1. The molecule has 0 aromatic carbocycles. The SMILES string of the molecule is COC(=O)CC[C@@H](C)[C@H]1CC[C@H]2[C@@H]3[C@@H](O[Si](C)(C)C)C[C@H]4C[C@@H](O[Si](C)(C)C)CC[C@]4(C)[C@H]3CC[C@]12C. The van der Waals surface area contributed by atoms with E-state index in [9.17, 15) is 4.79 Å². The van der Waals surface area contributed by atoms with Gasteiger partial charge < -0.3 is 13.6 Å². The fraction of sp³-hybridized carbons (Fsp3) is 0.968. The molecule has 4 rings (SSSR count). The quantitative estimate of drug-likeness (QED) is 0.225. The Morgan fingerprint density at radius 3 is 2.11 bits per heavy atom. The molecule has 6 heteroatoms. The van der Waals surface area contributed by atoms with Gasteiger partial charge >= 0.3 is 5.97 Å². The van der Waals surface area contributed by atoms with Gasteiger partial charge in [-0.15, -0.1) is 0 Å². The third kappa shape index (κ3) is 6.12. The maximum absolute atomic E-state index is 11.9. The van der Waals surface area contributed by atoms with Crippen LogP contribution in [-0.4, -0.2) is 41.9 Å². The number of rotatable bonds is 8. The molecule has 0 saturated heterocycles. The van der Waals surface area contributed by atoms with Gasteiger partial charge in [0.25, 0.3) is 0 Å². The Hall–Kier alpha value is -0.176. The molecule has 0 spiro atoms. The Bertz CT molecular complexity index is 819. The van der Waals surface area contributed by atoms with Crippen molar-refractivity contribution in [3.8, 4) is 0 Å². The van der Waals surface area contributed by atoms with Gasteiger partial charge in [-0.3, -0.25) is 4.79 Å². The molecule has 4 fully saturated rings. The smallest absolute Gasteiger partial charge is 0.305 e. The van der Waals surface area contributed by atoms with Gasteiger partial charge in [0, 0.05) is 18.6 Å². The molecule has 0 bridgehead atoms. The van der Waals surface area contributed by atoms with E-state index >= 15 is 0 Å². The number of fused-ring (bicyclic) bond motifs is 5. The molecular weight excluding hydrogens is 493 g/mol. The fourth-order valence-corrected chi connectivity index (χ4v) is 12.3. The largest absolute Gasteiger partial charge is 0.469 e. The summed E-state index contributed by atoms with van der Waals surface area (Å²) in [6, 6.07) is 0. The van der Waals surface area contributed by atoms with Crippen LogP contribution in [0.2, 0.25) is 39.3 Å². The summed E-state index contributed by atoms with van der Waals surface area (Å²) in [5, 5.41) is 0. The second kappa shape index (κ2) is 10.7. The Balaban J connectivity index is 1.59. The van der Waals surface area contributed by atoms with Crippen LogP contribution in [0.4, 0.5) is 0 Å². The minimum Gasteiger partial charge on any atom is -0.469 e. The van der Waals surface area contributed by atoms with Crippen LogP contribution in [0.1, 0.15) is 85.0 Å². The first-order valence-electron chi connectivity index (χ1n) is 15.5. The number of hydrogen-bond donors (Lipinski definition) is 0. The van der Waals surface area contributed by atoms with Gasteiger partial charge in [-0.25, -0.2) is 0 Å². The predicted molar refractivity (Wildman–Crippen MR) is 157 cm³/mol. The van der Waals surface area contributed by atoms with E-state index in [2.05, 4.69) is 60.1 Å². The van der Waals surface area contributed by atoms with Crippen LogP contribution >= 0.6 is 0 Å². The lowest BCUT2D eigenvalue weighted by molar-refractivity contribution is -0.168. The van der Waals surface area contributed by atoms with Gasteiger partial charge in [-0.05, 0) is 143 Å². The van der Waals surface area contributed by atoms with Gasteiger partial charge in [0.1, 0.15) is 0 Å². The van der Waals surface area contributed by atoms with E-state index in [1.807, 2.05) is 0 Å². The first-order valence-corrected chi connectivity index (χ1v) is 22.3. The van der Waals surface area contributed by atoms with E-state index < -0.39 is 16.6 Å². The van der Waals surface area contributed by atoms with Gasteiger partial charge in [-0.2, -0.15) is 0 Å². The number of ether oxygens (including phenoxy) is 1. The van der Waals surface area contributed by atoms with Crippen molar-refractivity contribution < 1.29 is 18.4 Å². The van der Waals surface area contributed by atoms with Crippen molar-refractivity contribution in [2.24, 2.45) is 46.3 Å². The molecule has 10 atom stereocenters. The summed E-state index contributed by atoms with van der Waals surface area (Å²) in [6.45, 7) is 21.9. The zero-order valence-corrected chi connectivity index (χ0v) is 27.8. The van der Waals surface area contributed by atoms with E-state index in [1.54, 1.807) is 0 Å². The highest BCUT2D eigenvalue weighted by Gasteiger charge is 2.63. The molecule has 0 unspecified atom stereocenters. The van der Waals surface area contributed by atoms with Crippen molar-refractivity contribution in [3.63, 3.8) is 0 Å². The Labute approximate surface area is 230 Å².